The number of amides is 1. The quantitative estimate of drug-likeness (QED) is 0.807. The topological polar surface area (TPSA) is 64.7 Å². The summed E-state index contributed by atoms with van der Waals surface area (Å²) in [4.78, 5) is 26.6. The van der Waals surface area contributed by atoms with Crippen LogP contribution in [0.5, 0.6) is 0 Å². The summed E-state index contributed by atoms with van der Waals surface area (Å²) >= 11 is 0. The monoisotopic (exact) mass is 342 g/mol. The fourth-order valence-corrected chi connectivity index (χ4v) is 3.27. The molecule has 2 fully saturated rings. The third-order valence-corrected chi connectivity index (χ3v) is 4.83. The molecule has 2 aliphatic rings. The van der Waals surface area contributed by atoms with Crippen molar-refractivity contribution in [3.8, 4) is 0 Å². The van der Waals surface area contributed by atoms with Crippen LogP contribution < -0.4 is 5.56 Å². The number of furan rings is 1. The first-order chi connectivity index (χ1) is 12.2. The van der Waals surface area contributed by atoms with Gasteiger partial charge in [0.1, 0.15) is 5.76 Å². The van der Waals surface area contributed by atoms with Gasteiger partial charge in [0.15, 0.2) is 5.76 Å². The van der Waals surface area contributed by atoms with Gasteiger partial charge in [-0.15, -0.1) is 0 Å². The van der Waals surface area contributed by atoms with E-state index in [2.05, 4.69) is 0 Å². The molecule has 1 amide bonds. The minimum Gasteiger partial charge on any atom is -0.454 e. The van der Waals surface area contributed by atoms with Gasteiger partial charge in [-0.05, 0) is 37.5 Å². The smallest absolute Gasteiger partial charge is 0.289 e. The highest BCUT2D eigenvalue weighted by molar-refractivity contribution is 5.92. The van der Waals surface area contributed by atoms with Crippen LogP contribution in [-0.4, -0.2) is 41.2 Å². The molecular weight excluding hydrogens is 320 g/mol. The predicted octanol–water partition coefficient (Wildman–Crippen LogP) is 2.13. The molecule has 25 heavy (non-hydrogen) atoms. The van der Waals surface area contributed by atoms with E-state index in [-0.39, 0.29) is 11.5 Å². The molecule has 2 aromatic heterocycles. The lowest BCUT2D eigenvalue weighted by molar-refractivity contribution is 0.0672. The molecular formula is C19H22N2O4. The molecule has 4 rings (SSSR count). The number of aromatic nitrogens is 1. The molecule has 3 heterocycles. The second-order valence-corrected chi connectivity index (χ2v) is 6.85. The molecule has 1 atom stereocenters. The molecule has 1 saturated heterocycles. The summed E-state index contributed by atoms with van der Waals surface area (Å²) in [6, 6.07) is 8.83. The first kappa shape index (κ1) is 16.1. The van der Waals surface area contributed by atoms with Crippen molar-refractivity contribution in [2.24, 2.45) is 5.92 Å². The van der Waals surface area contributed by atoms with Crippen LogP contribution in [0, 0.1) is 5.92 Å². The summed E-state index contributed by atoms with van der Waals surface area (Å²) in [5.41, 5.74) is -0.0902. The molecule has 0 spiro atoms. The third-order valence-electron chi connectivity index (χ3n) is 4.83. The van der Waals surface area contributed by atoms with Gasteiger partial charge < -0.3 is 18.6 Å². The van der Waals surface area contributed by atoms with E-state index in [4.69, 9.17) is 9.15 Å². The van der Waals surface area contributed by atoms with Crippen molar-refractivity contribution >= 4 is 5.91 Å². The lowest BCUT2D eigenvalue weighted by atomic mass is 10.1. The molecule has 1 aliphatic carbocycles. The molecule has 1 aliphatic heterocycles. The number of nitrogens with zero attached hydrogens (tertiary/aromatic N) is 2. The highest BCUT2D eigenvalue weighted by Gasteiger charge is 2.36. The Morgan fingerprint density at radius 3 is 2.80 bits per heavy atom. The van der Waals surface area contributed by atoms with E-state index in [9.17, 15) is 9.59 Å². The van der Waals surface area contributed by atoms with Gasteiger partial charge in [0.05, 0.1) is 13.2 Å². The van der Waals surface area contributed by atoms with Crippen LogP contribution in [0.4, 0.5) is 0 Å². The number of hydrogen-bond donors (Lipinski definition) is 0. The van der Waals surface area contributed by atoms with Gasteiger partial charge in [-0.3, -0.25) is 9.59 Å². The van der Waals surface area contributed by atoms with Crippen LogP contribution in [0.15, 0.2) is 45.7 Å². The normalized spacial score (nSPS) is 19.9. The summed E-state index contributed by atoms with van der Waals surface area (Å²) in [6.45, 7) is 2.58. The summed E-state index contributed by atoms with van der Waals surface area (Å²) in [5, 5.41) is 0. The predicted molar refractivity (Wildman–Crippen MR) is 91.5 cm³/mol. The Hall–Kier alpha value is -2.34. The molecule has 6 heteroatoms. The minimum absolute atomic E-state index is 0.0546. The Morgan fingerprint density at radius 2 is 2.08 bits per heavy atom. The van der Waals surface area contributed by atoms with Crippen molar-refractivity contribution in [3.05, 3.63) is 58.4 Å². The van der Waals surface area contributed by atoms with Crippen molar-refractivity contribution in [1.29, 1.82) is 0 Å². The average Bonchev–Trinajstić information content (AvgIpc) is 3.13. The molecule has 0 N–H and O–H groups in total. The van der Waals surface area contributed by atoms with Crippen LogP contribution in [0.2, 0.25) is 0 Å². The maximum absolute atomic E-state index is 12.9. The second-order valence-electron chi connectivity index (χ2n) is 6.85. The Balaban J connectivity index is 1.47. The van der Waals surface area contributed by atoms with Crippen LogP contribution in [0.25, 0.3) is 0 Å². The lowest BCUT2D eigenvalue weighted by Crippen LogP contribution is -2.37. The Kier molecular flexibility index (Phi) is 4.44. The fraction of sp³-hybridized carbons (Fsp3) is 0.474. The lowest BCUT2D eigenvalue weighted by Gasteiger charge is -2.24. The molecule has 2 aromatic rings. The maximum Gasteiger partial charge on any atom is 0.289 e. The number of pyridine rings is 1. The van der Waals surface area contributed by atoms with Crippen LogP contribution in [-0.2, 0) is 11.3 Å². The summed E-state index contributed by atoms with van der Waals surface area (Å²) in [6.07, 6.45) is 4.85. The molecule has 0 unspecified atom stereocenters. The Labute approximate surface area is 146 Å². The van der Waals surface area contributed by atoms with Gasteiger partial charge in [0, 0.05) is 37.4 Å². The van der Waals surface area contributed by atoms with Crippen molar-refractivity contribution in [3.63, 3.8) is 0 Å². The highest BCUT2D eigenvalue weighted by Crippen LogP contribution is 2.30. The van der Waals surface area contributed by atoms with Gasteiger partial charge in [-0.1, -0.05) is 6.07 Å². The molecule has 0 aromatic carbocycles. The van der Waals surface area contributed by atoms with Gasteiger partial charge in [-0.25, -0.2) is 0 Å². The SMILES string of the molecule is O=C(c1ccc(Cn2ccccc2=O)o1)N(C[C@H]1CCOC1)C1CC1. The van der Waals surface area contributed by atoms with Crippen LogP contribution in [0.1, 0.15) is 35.6 Å². The van der Waals surface area contributed by atoms with E-state index < -0.39 is 0 Å². The van der Waals surface area contributed by atoms with Crippen LogP contribution in [0.3, 0.4) is 0 Å². The van der Waals surface area contributed by atoms with Gasteiger partial charge >= 0.3 is 0 Å². The third kappa shape index (κ3) is 3.69. The standard InChI is InChI=1S/C19H22N2O4/c22-18-3-1-2-9-20(18)12-16-6-7-17(25-16)19(23)21(15-4-5-15)11-14-8-10-24-13-14/h1-3,6-7,9,14-15H,4-5,8,10-13H2/t14-/m1/s1. The minimum atomic E-state index is -0.0902. The average molecular weight is 342 g/mol. The van der Waals surface area contributed by atoms with E-state index >= 15 is 0 Å². The molecule has 6 nitrogen and oxygen atoms in total. The van der Waals surface area contributed by atoms with Gasteiger partial charge in [-0.2, -0.15) is 0 Å². The largest absolute Gasteiger partial charge is 0.454 e. The Morgan fingerprint density at radius 1 is 1.20 bits per heavy atom. The number of ether oxygens (including phenoxy) is 1. The molecule has 132 valence electrons. The highest BCUT2D eigenvalue weighted by atomic mass is 16.5. The molecule has 0 radical (unpaired) electrons. The first-order valence-corrected chi connectivity index (χ1v) is 8.83. The van der Waals surface area contributed by atoms with E-state index in [1.165, 1.54) is 6.07 Å². The van der Waals surface area contributed by atoms with E-state index in [0.29, 0.717) is 30.0 Å². The maximum atomic E-state index is 12.9. The molecule has 0 bridgehead atoms. The molecule has 1 saturated carbocycles. The zero-order chi connectivity index (χ0) is 17.2. The number of hydrogen-bond acceptors (Lipinski definition) is 4. The zero-order valence-electron chi connectivity index (χ0n) is 14.1. The second kappa shape index (κ2) is 6.88. The van der Waals surface area contributed by atoms with Gasteiger partial charge in [0.25, 0.3) is 11.5 Å². The van der Waals surface area contributed by atoms with Gasteiger partial charge in [0.2, 0.25) is 0 Å². The van der Waals surface area contributed by atoms with E-state index in [0.717, 1.165) is 39.0 Å². The fourth-order valence-electron chi connectivity index (χ4n) is 3.27. The number of carbonyl (C=O) groups is 1. The zero-order valence-corrected chi connectivity index (χ0v) is 14.1. The van der Waals surface area contributed by atoms with E-state index in [1.54, 1.807) is 35.0 Å². The van der Waals surface area contributed by atoms with Crippen molar-refractivity contribution < 1.29 is 13.9 Å². The summed E-state index contributed by atoms with van der Waals surface area (Å²) in [7, 11) is 0. The van der Waals surface area contributed by atoms with Crippen molar-refractivity contribution in [2.45, 2.75) is 31.8 Å². The summed E-state index contributed by atoms with van der Waals surface area (Å²) in [5.74, 6) is 1.32. The summed E-state index contributed by atoms with van der Waals surface area (Å²) < 4.78 is 12.7. The van der Waals surface area contributed by atoms with Crippen molar-refractivity contribution in [2.75, 3.05) is 19.8 Å². The van der Waals surface area contributed by atoms with Crippen molar-refractivity contribution in [1.82, 2.24) is 9.47 Å². The van der Waals surface area contributed by atoms with E-state index in [1.807, 2.05) is 4.90 Å². The first-order valence-electron chi connectivity index (χ1n) is 8.83. The Bertz CT molecular complexity index is 800. The number of carbonyl (C=O) groups excluding carboxylic acids is 1. The number of rotatable bonds is 6. The van der Waals surface area contributed by atoms with Crippen LogP contribution >= 0.6 is 0 Å².